The summed E-state index contributed by atoms with van der Waals surface area (Å²) in [5, 5.41) is 16.3. The topological polar surface area (TPSA) is 194 Å². The lowest BCUT2D eigenvalue weighted by molar-refractivity contribution is -0.384. The van der Waals surface area contributed by atoms with Gasteiger partial charge in [0, 0.05) is 82.0 Å². The van der Waals surface area contributed by atoms with Crippen molar-refractivity contribution in [3.8, 4) is 5.88 Å². The first kappa shape index (κ1) is 47.5. The zero-order chi connectivity index (χ0) is 48.9. The molecule has 0 unspecified atom stereocenters. The Labute approximate surface area is 414 Å². The normalized spacial score (nSPS) is 23.1. The molecular weight excluding hydrogens is 925 g/mol. The van der Waals surface area contributed by atoms with E-state index in [-0.39, 0.29) is 34.7 Å². The van der Waals surface area contributed by atoms with Crippen LogP contribution in [0.15, 0.2) is 83.9 Å². The number of anilines is 4. The molecule has 3 aromatic carbocycles. The highest BCUT2D eigenvalue weighted by Crippen LogP contribution is 2.54. The number of rotatable bonds is 12. The molecule has 376 valence electrons. The standard InChI is InChI=1S/C53H64N8O9S/c1-34(2)40-6-3-4-7-41(40)48-32-68-22-5-19-59(48)38-29-53(30-38)16-20-58(21-17-53)37-8-10-42(45(27-37)60-44-15-25-69-33-49(44)70-52-47(60)26-36-12-18-54-50(36)56-52)51(62)57-71(65,66)39-9-11-43(46(28-39)61(63)64)55-31-35-13-23-67-24-14-35/h3-4,6-12,18,26-28,34-35,38,44,48-49,55H,5,13-17,19-25,29-33H2,1-2H3,(H,54,56)(H,57,62)/t44-,48-,49-/m0/s1. The first-order chi connectivity index (χ1) is 34.4. The summed E-state index contributed by atoms with van der Waals surface area (Å²) in [6.45, 7) is 11.2. The number of ether oxygens (including phenoxy) is 4. The van der Waals surface area contributed by atoms with Crippen LogP contribution in [-0.2, 0) is 24.2 Å². The van der Waals surface area contributed by atoms with Gasteiger partial charge in [-0.05, 0) is 122 Å². The van der Waals surface area contributed by atoms with Gasteiger partial charge in [0.05, 0.1) is 46.4 Å². The molecule has 6 aliphatic rings. The lowest BCUT2D eigenvalue weighted by Crippen LogP contribution is -2.56. The van der Waals surface area contributed by atoms with Crippen LogP contribution >= 0.6 is 0 Å². The van der Waals surface area contributed by atoms with Gasteiger partial charge >= 0.3 is 0 Å². The number of nitro groups is 1. The fraction of sp³-hybridized carbons (Fsp3) is 0.509. The number of carbonyl (C=O) groups excluding carboxylic acids is 1. The lowest BCUT2D eigenvalue weighted by Gasteiger charge is -2.56. The second-order valence-electron chi connectivity index (χ2n) is 20.7. The van der Waals surface area contributed by atoms with Crippen LogP contribution in [0.4, 0.5) is 28.4 Å². The van der Waals surface area contributed by atoms with E-state index in [4.69, 9.17) is 23.9 Å². The zero-order valence-electron chi connectivity index (χ0n) is 40.5. The number of nitro benzene ring substituents is 1. The van der Waals surface area contributed by atoms with E-state index in [0.29, 0.717) is 80.9 Å². The van der Waals surface area contributed by atoms with E-state index >= 15 is 0 Å². The Morgan fingerprint density at radius 1 is 0.915 bits per heavy atom. The number of benzene rings is 3. The van der Waals surface area contributed by atoms with Crippen molar-refractivity contribution in [2.24, 2.45) is 11.3 Å². The average molecular weight is 989 g/mol. The highest BCUT2D eigenvalue weighted by atomic mass is 32.2. The zero-order valence-corrected chi connectivity index (χ0v) is 41.3. The molecule has 7 heterocycles. The number of H-pyrrole nitrogens is 1. The molecule has 1 saturated carbocycles. The Balaban J connectivity index is 0.874. The second-order valence-corrected chi connectivity index (χ2v) is 22.4. The number of piperidine rings is 1. The number of amides is 1. The number of hydrogen-bond acceptors (Lipinski definition) is 14. The molecule has 0 radical (unpaired) electrons. The van der Waals surface area contributed by atoms with E-state index in [9.17, 15) is 23.3 Å². The minimum Gasteiger partial charge on any atom is -0.468 e. The highest BCUT2D eigenvalue weighted by molar-refractivity contribution is 7.90. The molecule has 3 atom stereocenters. The third kappa shape index (κ3) is 9.44. The van der Waals surface area contributed by atoms with Gasteiger partial charge in [0.25, 0.3) is 21.6 Å². The van der Waals surface area contributed by atoms with Crippen LogP contribution in [-0.4, -0.2) is 118 Å². The average Bonchev–Trinajstić information content (AvgIpc) is 3.69. The summed E-state index contributed by atoms with van der Waals surface area (Å²) in [6.07, 6.45) is 9.01. The largest absolute Gasteiger partial charge is 0.468 e. The third-order valence-corrected chi connectivity index (χ3v) is 17.4. The Hall–Kier alpha value is -5.79. The molecule has 5 fully saturated rings. The summed E-state index contributed by atoms with van der Waals surface area (Å²) in [6, 6.07) is 22.5. The lowest BCUT2D eigenvalue weighted by atomic mass is 9.59. The van der Waals surface area contributed by atoms with E-state index in [1.165, 1.54) is 23.3 Å². The molecule has 0 bridgehead atoms. The van der Waals surface area contributed by atoms with Crippen LogP contribution in [0.25, 0.3) is 11.0 Å². The van der Waals surface area contributed by atoms with Crippen molar-refractivity contribution < 1.29 is 37.1 Å². The summed E-state index contributed by atoms with van der Waals surface area (Å²) in [5.41, 5.74) is 5.69. The van der Waals surface area contributed by atoms with Crippen molar-refractivity contribution in [1.29, 1.82) is 0 Å². The van der Waals surface area contributed by atoms with E-state index in [1.807, 2.05) is 30.5 Å². The van der Waals surface area contributed by atoms with Crippen LogP contribution in [0.5, 0.6) is 5.88 Å². The quantitative estimate of drug-likeness (QED) is 0.0796. The van der Waals surface area contributed by atoms with Crippen LogP contribution < -0.4 is 24.6 Å². The van der Waals surface area contributed by atoms with Crippen molar-refractivity contribution in [3.63, 3.8) is 0 Å². The van der Waals surface area contributed by atoms with Crippen molar-refractivity contribution in [2.75, 3.05) is 80.9 Å². The molecule has 11 rings (SSSR count). The van der Waals surface area contributed by atoms with Crippen LogP contribution in [0.2, 0.25) is 0 Å². The molecule has 4 saturated heterocycles. The van der Waals surface area contributed by atoms with Crippen molar-refractivity contribution in [3.05, 3.63) is 106 Å². The van der Waals surface area contributed by atoms with E-state index in [0.717, 1.165) is 88.3 Å². The van der Waals surface area contributed by atoms with Crippen LogP contribution in [0.1, 0.15) is 98.7 Å². The fourth-order valence-corrected chi connectivity index (χ4v) is 13.1. The maximum Gasteiger partial charge on any atom is 0.293 e. The SMILES string of the molecule is CC(C)c1ccccc1[C@@H]1COCCCN1C1CC2(CCN(c3ccc(C(=O)NS(=O)(=O)c4ccc(NCC5CCOCC5)c([N+](=O)[O-])c4)c(N4c5cc6cc[nH]c6nc5O[C@H]5COCC[C@@H]54)c3)CC2)C1. The van der Waals surface area contributed by atoms with E-state index in [2.05, 4.69) is 67.8 Å². The molecule has 1 aliphatic carbocycles. The van der Waals surface area contributed by atoms with Crippen LogP contribution in [0, 0.1) is 21.4 Å². The van der Waals surface area contributed by atoms with Crippen molar-refractivity contribution in [1.82, 2.24) is 19.6 Å². The van der Waals surface area contributed by atoms with Gasteiger partial charge in [-0.1, -0.05) is 38.1 Å². The smallest absolute Gasteiger partial charge is 0.293 e. The van der Waals surface area contributed by atoms with Crippen molar-refractivity contribution >= 4 is 55.4 Å². The number of sulfonamides is 1. The Morgan fingerprint density at radius 3 is 2.51 bits per heavy atom. The predicted octanol–water partition coefficient (Wildman–Crippen LogP) is 8.45. The summed E-state index contributed by atoms with van der Waals surface area (Å²) < 4.78 is 54.7. The number of nitrogens with zero attached hydrogens (tertiary/aromatic N) is 5. The third-order valence-electron chi connectivity index (χ3n) is 16.1. The Morgan fingerprint density at radius 2 is 1.70 bits per heavy atom. The van der Waals surface area contributed by atoms with Gasteiger partial charge in [-0.2, -0.15) is 4.98 Å². The van der Waals surface area contributed by atoms with Gasteiger partial charge in [0.1, 0.15) is 23.1 Å². The van der Waals surface area contributed by atoms with E-state index < -0.39 is 37.5 Å². The van der Waals surface area contributed by atoms with E-state index in [1.54, 1.807) is 6.07 Å². The number of hydrogen-bond donors (Lipinski definition) is 3. The Kier molecular flexibility index (Phi) is 13.2. The predicted molar refractivity (Wildman–Crippen MR) is 270 cm³/mol. The molecular formula is C53H64N8O9S. The summed E-state index contributed by atoms with van der Waals surface area (Å²) in [5.74, 6) is 0.206. The minimum absolute atomic E-state index is 0.124. The maximum absolute atomic E-state index is 14.7. The molecule has 2 aromatic heterocycles. The van der Waals surface area contributed by atoms with Gasteiger partial charge in [-0.3, -0.25) is 19.8 Å². The summed E-state index contributed by atoms with van der Waals surface area (Å²) in [7, 11) is -4.60. The summed E-state index contributed by atoms with van der Waals surface area (Å²) in [4.78, 5) is 41.2. The first-order valence-electron chi connectivity index (χ1n) is 25.4. The highest BCUT2D eigenvalue weighted by Gasteiger charge is 2.50. The molecule has 5 aromatic rings. The molecule has 1 spiro atoms. The molecule has 1 amide bonds. The van der Waals surface area contributed by atoms with Crippen molar-refractivity contribution in [2.45, 2.75) is 100 Å². The molecule has 71 heavy (non-hydrogen) atoms. The number of pyridine rings is 1. The first-order valence-corrected chi connectivity index (χ1v) is 26.9. The summed E-state index contributed by atoms with van der Waals surface area (Å²) >= 11 is 0. The number of fused-ring (bicyclic) bond motifs is 3. The van der Waals surface area contributed by atoms with Gasteiger partial charge < -0.3 is 39.0 Å². The van der Waals surface area contributed by atoms with Crippen LogP contribution in [0.3, 0.4) is 0 Å². The monoisotopic (exact) mass is 988 g/mol. The van der Waals surface area contributed by atoms with Gasteiger partial charge in [0.15, 0.2) is 0 Å². The van der Waals surface area contributed by atoms with Gasteiger partial charge in [0.2, 0.25) is 5.88 Å². The number of aromatic amines is 1. The minimum atomic E-state index is -4.60. The Bertz CT molecular complexity index is 2890. The number of nitrogens with one attached hydrogen (secondary N) is 3. The molecule has 17 nitrogen and oxygen atoms in total. The molecule has 3 N–H and O–H groups in total. The van der Waals surface area contributed by atoms with Gasteiger partial charge in [-0.25, -0.2) is 13.1 Å². The second kappa shape index (κ2) is 19.7. The number of aromatic nitrogens is 2. The maximum atomic E-state index is 14.7. The van der Waals surface area contributed by atoms with Gasteiger partial charge in [-0.15, -0.1) is 0 Å². The fourth-order valence-electron chi connectivity index (χ4n) is 12.1. The molecule has 5 aliphatic heterocycles. The molecule has 18 heteroatoms. The number of carbonyl (C=O) groups is 1.